The molecule has 1 fully saturated rings. The molecule has 3 aliphatic rings. The third-order valence-corrected chi connectivity index (χ3v) is 6.27. The Labute approximate surface area is 153 Å². The van der Waals surface area contributed by atoms with Crippen molar-refractivity contribution in [1.82, 2.24) is 10.3 Å². The molecule has 3 unspecified atom stereocenters. The summed E-state index contributed by atoms with van der Waals surface area (Å²) in [5.41, 5.74) is 2.21. The molecular formula is C19H24N4OS. The fourth-order valence-corrected chi connectivity index (χ4v) is 4.70. The molecule has 1 amide bonds. The van der Waals surface area contributed by atoms with Crippen LogP contribution in [0.1, 0.15) is 50.6 Å². The second kappa shape index (κ2) is 7.20. The Morgan fingerprint density at radius 2 is 2.16 bits per heavy atom. The molecule has 0 aromatic heterocycles. The number of carbonyl (C=O) groups is 1. The van der Waals surface area contributed by atoms with Gasteiger partial charge in [0, 0.05) is 24.2 Å². The second-order valence-electron chi connectivity index (χ2n) is 7.07. The summed E-state index contributed by atoms with van der Waals surface area (Å²) in [7, 11) is 0. The van der Waals surface area contributed by atoms with E-state index in [0.717, 1.165) is 23.7 Å². The average Bonchev–Trinajstić information content (AvgIpc) is 3.12. The van der Waals surface area contributed by atoms with Crippen LogP contribution in [0.2, 0.25) is 0 Å². The van der Waals surface area contributed by atoms with Gasteiger partial charge in [-0.3, -0.25) is 4.79 Å². The minimum Gasteiger partial charge on any atom is -0.352 e. The molecule has 25 heavy (non-hydrogen) atoms. The molecule has 0 bridgehead atoms. The first-order valence-electron chi connectivity index (χ1n) is 9.14. The number of hydrogen-bond acceptors (Lipinski definition) is 5. The Kier molecular flexibility index (Phi) is 4.79. The lowest BCUT2D eigenvalue weighted by Crippen LogP contribution is -2.42. The van der Waals surface area contributed by atoms with E-state index in [1.165, 1.54) is 36.6 Å². The molecule has 0 saturated heterocycles. The van der Waals surface area contributed by atoms with Crippen molar-refractivity contribution in [2.75, 3.05) is 5.75 Å². The number of amides is 1. The lowest BCUT2D eigenvalue weighted by atomic mass is 9.86. The van der Waals surface area contributed by atoms with E-state index in [4.69, 9.17) is 4.99 Å². The number of amidine groups is 1. The molecule has 132 valence electrons. The smallest absolute Gasteiger partial charge is 0.230 e. The van der Waals surface area contributed by atoms with Gasteiger partial charge >= 0.3 is 0 Å². The normalized spacial score (nSPS) is 27.5. The van der Waals surface area contributed by atoms with Crippen molar-refractivity contribution in [3.63, 3.8) is 0 Å². The Balaban J connectivity index is 1.41. The highest BCUT2D eigenvalue weighted by Crippen LogP contribution is 2.40. The van der Waals surface area contributed by atoms with Crippen LogP contribution in [0.25, 0.3) is 0 Å². The number of nitrogens with zero attached hydrogens (tertiary/aromatic N) is 3. The first-order valence-corrected chi connectivity index (χ1v) is 10.1. The van der Waals surface area contributed by atoms with E-state index in [2.05, 4.69) is 23.4 Å². The van der Waals surface area contributed by atoms with Gasteiger partial charge in [0.15, 0.2) is 5.17 Å². The highest BCUT2D eigenvalue weighted by molar-refractivity contribution is 8.14. The highest BCUT2D eigenvalue weighted by Gasteiger charge is 2.33. The number of hydrazone groups is 1. The van der Waals surface area contributed by atoms with Crippen LogP contribution < -0.4 is 5.32 Å². The molecule has 0 spiro atoms. The van der Waals surface area contributed by atoms with E-state index in [-0.39, 0.29) is 11.9 Å². The van der Waals surface area contributed by atoms with Crippen LogP contribution in [0.4, 0.5) is 5.69 Å². The molecule has 1 aromatic carbocycles. The van der Waals surface area contributed by atoms with Gasteiger partial charge in [-0.25, -0.2) is 10.0 Å². The van der Waals surface area contributed by atoms with Crippen molar-refractivity contribution in [2.24, 2.45) is 16.0 Å². The molecule has 1 saturated carbocycles. The molecule has 1 aromatic rings. The maximum Gasteiger partial charge on any atom is 0.230 e. The van der Waals surface area contributed by atoms with Crippen molar-refractivity contribution >= 4 is 34.7 Å². The maximum absolute atomic E-state index is 12.4. The third-order valence-electron chi connectivity index (χ3n) is 5.33. The average molecular weight is 356 g/mol. The first-order chi connectivity index (χ1) is 12.2. The van der Waals surface area contributed by atoms with Crippen LogP contribution in [0.15, 0.2) is 34.4 Å². The summed E-state index contributed by atoms with van der Waals surface area (Å²) >= 11 is 1.49. The number of fused-ring (bicyclic) bond motifs is 3. The van der Waals surface area contributed by atoms with Crippen LogP contribution in [0, 0.1) is 5.92 Å². The summed E-state index contributed by atoms with van der Waals surface area (Å²) in [6.45, 7) is 2.24. The van der Waals surface area contributed by atoms with E-state index in [9.17, 15) is 4.79 Å². The topological polar surface area (TPSA) is 57.1 Å². The Bertz CT molecular complexity index is 717. The molecule has 4 rings (SSSR count). The zero-order chi connectivity index (χ0) is 17.2. The summed E-state index contributed by atoms with van der Waals surface area (Å²) < 4.78 is 0. The molecular weight excluding hydrogens is 332 g/mol. The number of thioether (sulfide) groups is 1. The lowest BCUT2D eigenvalue weighted by molar-refractivity contribution is -0.119. The maximum atomic E-state index is 12.4. The highest BCUT2D eigenvalue weighted by atomic mass is 32.2. The van der Waals surface area contributed by atoms with Crippen molar-refractivity contribution in [2.45, 2.75) is 51.1 Å². The number of benzene rings is 1. The Morgan fingerprint density at radius 3 is 3.04 bits per heavy atom. The first kappa shape index (κ1) is 16.6. The van der Waals surface area contributed by atoms with Gasteiger partial charge in [0.2, 0.25) is 5.91 Å². The summed E-state index contributed by atoms with van der Waals surface area (Å²) in [4.78, 5) is 17.1. The number of hydrogen-bond donors (Lipinski definition) is 1. The van der Waals surface area contributed by atoms with Crippen LogP contribution in [-0.2, 0) is 4.79 Å². The van der Waals surface area contributed by atoms with Gasteiger partial charge in [-0.05, 0) is 24.8 Å². The molecule has 0 radical (unpaired) electrons. The van der Waals surface area contributed by atoms with Crippen LogP contribution in [0.3, 0.4) is 0 Å². The summed E-state index contributed by atoms with van der Waals surface area (Å²) in [6.07, 6.45) is 7.65. The molecule has 2 aliphatic heterocycles. The van der Waals surface area contributed by atoms with E-state index >= 15 is 0 Å². The number of aliphatic imine (C=N–C) groups is 1. The van der Waals surface area contributed by atoms with Crippen LogP contribution >= 0.6 is 11.8 Å². The van der Waals surface area contributed by atoms with Gasteiger partial charge in [-0.15, -0.1) is 0 Å². The largest absolute Gasteiger partial charge is 0.352 e. The van der Waals surface area contributed by atoms with Crippen molar-refractivity contribution < 1.29 is 4.79 Å². The molecule has 3 atom stereocenters. The standard InChI is InChI=1S/C19H24N4OS/c1-13-6-2-4-8-15(13)21-18(24)12-25-19-22-16-9-5-3-7-14(16)17-10-11-20-23(17)19/h3,5,7,9,11,13,15,17H,2,4,6,8,10,12H2,1H3,(H,21,24). The van der Waals surface area contributed by atoms with Crippen molar-refractivity contribution in [1.29, 1.82) is 0 Å². The van der Waals surface area contributed by atoms with E-state index in [1.54, 1.807) is 0 Å². The van der Waals surface area contributed by atoms with Gasteiger partial charge < -0.3 is 5.32 Å². The van der Waals surface area contributed by atoms with Crippen molar-refractivity contribution in [3.8, 4) is 0 Å². The third kappa shape index (κ3) is 3.45. The minimum atomic E-state index is 0.102. The number of rotatable bonds is 3. The zero-order valence-electron chi connectivity index (χ0n) is 14.5. The lowest BCUT2D eigenvalue weighted by Gasteiger charge is -2.31. The fraction of sp³-hybridized carbons (Fsp3) is 0.526. The fourth-order valence-electron chi connectivity index (χ4n) is 3.89. The zero-order valence-corrected chi connectivity index (χ0v) is 15.3. The Hall–Kier alpha value is -1.82. The summed E-state index contributed by atoms with van der Waals surface area (Å²) in [5.74, 6) is 1.07. The summed E-state index contributed by atoms with van der Waals surface area (Å²) in [6, 6.07) is 8.75. The predicted molar refractivity (Wildman–Crippen MR) is 103 cm³/mol. The monoisotopic (exact) mass is 356 g/mol. The van der Waals surface area contributed by atoms with Gasteiger partial charge in [0.1, 0.15) is 0 Å². The van der Waals surface area contributed by atoms with Crippen LogP contribution in [0.5, 0.6) is 0 Å². The van der Waals surface area contributed by atoms with Gasteiger partial charge in [-0.2, -0.15) is 5.10 Å². The molecule has 2 heterocycles. The molecule has 1 aliphatic carbocycles. The summed E-state index contributed by atoms with van der Waals surface area (Å²) in [5, 5.41) is 10.5. The van der Waals surface area contributed by atoms with E-state index in [1.807, 2.05) is 29.4 Å². The Morgan fingerprint density at radius 1 is 1.32 bits per heavy atom. The van der Waals surface area contributed by atoms with Gasteiger partial charge in [0.25, 0.3) is 0 Å². The molecule has 5 nitrogen and oxygen atoms in total. The van der Waals surface area contributed by atoms with Crippen molar-refractivity contribution in [3.05, 3.63) is 29.8 Å². The SMILES string of the molecule is CC1CCCCC1NC(=O)CSC1=Nc2ccccc2C2CC=NN12. The van der Waals surface area contributed by atoms with E-state index in [0.29, 0.717) is 17.7 Å². The molecule has 6 heteroatoms. The minimum absolute atomic E-state index is 0.102. The number of carbonyl (C=O) groups excluding carboxylic acids is 1. The van der Waals surface area contributed by atoms with Gasteiger partial charge in [-0.1, -0.05) is 49.7 Å². The number of nitrogens with one attached hydrogen (secondary N) is 1. The number of para-hydroxylation sites is 1. The van der Waals surface area contributed by atoms with Gasteiger partial charge in [0.05, 0.1) is 17.5 Å². The van der Waals surface area contributed by atoms with Crippen LogP contribution in [-0.4, -0.2) is 34.1 Å². The molecule has 1 N–H and O–H groups in total. The second-order valence-corrected chi connectivity index (χ2v) is 8.01. The van der Waals surface area contributed by atoms with E-state index < -0.39 is 0 Å². The quantitative estimate of drug-likeness (QED) is 0.895. The predicted octanol–water partition coefficient (Wildman–Crippen LogP) is 3.85.